The molecule has 35 heavy (non-hydrogen) atoms. The summed E-state index contributed by atoms with van der Waals surface area (Å²) in [7, 11) is 0. The number of azo groups is 1. The Hall–Kier alpha value is -4.05. The Kier molecular flexibility index (Phi) is 8.55. The van der Waals surface area contributed by atoms with Gasteiger partial charge in [0.25, 0.3) is 0 Å². The summed E-state index contributed by atoms with van der Waals surface area (Å²) in [4.78, 5) is 22.5. The highest BCUT2D eigenvalue weighted by atomic mass is 16.6. The van der Waals surface area contributed by atoms with E-state index in [-0.39, 0.29) is 13.2 Å². The molecular formula is C25H28N6O4. The number of rotatable bonds is 9. The predicted octanol–water partition coefficient (Wildman–Crippen LogP) is 4.07. The number of ether oxygens (including phenoxy) is 3. The number of aryl methyl sites for hydroxylation is 1. The van der Waals surface area contributed by atoms with Crippen LogP contribution in [0.1, 0.15) is 11.1 Å². The fourth-order valence-electron chi connectivity index (χ4n) is 3.47. The molecule has 0 atom stereocenters. The topological polar surface area (TPSA) is 111 Å². The largest absolute Gasteiger partial charge is 0.476 e. The molecule has 0 saturated carbocycles. The van der Waals surface area contributed by atoms with E-state index in [0.29, 0.717) is 37.2 Å². The van der Waals surface area contributed by atoms with Crippen LogP contribution in [0.3, 0.4) is 0 Å². The summed E-state index contributed by atoms with van der Waals surface area (Å²) in [5.74, 6) is 1.23. The molecule has 1 N–H and O–H groups in total. The highest BCUT2D eigenvalue weighted by Crippen LogP contribution is 2.26. The number of aromatic nitrogens is 2. The Morgan fingerprint density at radius 3 is 2.86 bits per heavy atom. The minimum Gasteiger partial charge on any atom is -0.476 e. The van der Waals surface area contributed by atoms with E-state index in [1.165, 1.54) is 11.8 Å². The lowest BCUT2D eigenvalue weighted by Gasteiger charge is -2.29. The van der Waals surface area contributed by atoms with Crippen molar-refractivity contribution in [3.63, 3.8) is 0 Å². The number of benzene rings is 1. The maximum Gasteiger partial charge on any atom is 0.412 e. The Labute approximate surface area is 204 Å². The third kappa shape index (κ3) is 7.75. The normalized spacial score (nSPS) is 13.6. The molecule has 4 rings (SSSR count). The molecule has 3 heterocycles. The lowest BCUT2D eigenvalue weighted by atomic mass is 10.1. The van der Waals surface area contributed by atoms with Gasteiger partial charge in [0, 0.05) is 37.1 Å². The lowest BCUT2D eigenvalue weighted by Crippen LogP contribution is -2.36. The second kappa shape index (κ2) is 12.4. The van der Waals surface area contributed by atoms with Crippen molar-refractivity contribution in [2.75, 3.05) is 44.4 Å². The number of nitrogens with one attached hydrogen (secondary N) is 1. The zero-order chi connectivity index (χ0) is 24.3. The Bertz CT molecular complexity index is 1140. The van der Waals surface area contributed by atoms with Gasteiger partial charge in [0.2, 0.25) is 5.88 Å². The first-order chi connectivity index (χ1) is 17.2. The number of morpholine rings is 1. The van der Waals surface area contributed by atoms with Crippen molar-refractivity contribution in [2.45, 2.75) is 13.5 Å². The van der Waals surface area contributed by atoms with E-state index in [2.05, 4.69) is 36.5 Å². The average Bonchev–Trinajstić information content (AvgIpc) is 2.88. The van der Waals surface area contributed by atoms with Crippen LogP contribution in [0.15, 0.2) is 71.2 Å². The van der Waals surface area contributed by atoms with Crippen LogP contribution < -0.4 is 19.7 Å². The summed E-state index contributed by atoms with van der Waals surface area (Å²) < 4.78 is 16.4. The molecule has 2 aromatic heterocycles. The SMILES string of the molecule is Cc1cccc(CN=Nc2cc(N3CCOCC3)cc(OCCNC(=O)Oc3cccnc3)n2)c1. The van der Waals surface area contributed by atoms with Gasteiger partial charge in [-0.25, -0.2) is 4.79 Å². The maximum atomic E-state index is 11.9. The molecule has 1 aromatic carbocycles. The van der Waals surface area contributed by atoms with E-state index >= 15 is 0 Å². The first kappa shape index (κ1) is 24.1. The monoisotopic (exact) mass is 476 g/mol. The van der Waals surface area contributed by atoms with Gasteiger partial charge in [-0.2, -0.15) is 10.1 Å². The molecule has 1 aliphatic rings. The minimum atomic E-state index is -0.581. The molecule has 1 aliphatic heterocycles. The number of hydrogen-bond donors (Lipinski definition) is 1. The van der Waals surface area contributed by atoms with Crippen molar-refractivity contribution in [2.24, 2.45) is 10.2 Å². The summed E-state index contributed by atoms with van der Waals surface area (Å²) in [6.07, 6.45) is 2.49. The second-order valence-electron chi connectivity index (χ2n) is 7.86. The number of amides is 1. The van der Waals surface area contributed by atoms with Crippen LogP contribution >= 0.6 is 0 Å². The molecular weight excluding hydrogens is 448 g/mol. The average molecular weight is 477 g/mol. The standard InChI is InChI=1S/C25H28N6O4/c1-19-4-2-5-20(14-19)17-28-30-23-15-21(31-9-12-33-13-10-31)16-24(29-23)34-11-8-27-25(32)35-22-6-3-7-26-18-22/h2-7,14-16,18H,8-13,17H2,1H3,(H,27,32). The number of nitrogens with zero attached hydrogens (tertiary/aromatic N) is 5. The van der Waals surface area contributed by atoms with Crippen molar-refractivity contribution >= 4 is 17.6 Å². The van der Waals surface area contributed by atoms with E-state index < -0.39 is 6.09 Å². The van der Waals surface area contributed by atoms with Gasteiger partial charge in [-0.05, 0) is 24.6 Å². The van der Waals surface area contributed by atoms with E-state index in [4.69, 9.17) is 14.2 Å². The maximum absolute atomic E-state index is 11.9. The fourth-order valence-corrected chi connectivity index (χ4v) is 3.47. The van der Waals surface area contributed by atoms with Crippen LogP contribution in [0.4, 0.5) is 16.3 Å². The van der Waals surface area contributed by atoms with Gasteiger partial charge in [0.15, 0.2) is 11.6 Å². The summed E-state index contributed by atoms with van der Waals surface area (Å²) in [6.45, 7) is 5.82. The molecule has 1 fully saturated rings. The van der Waals surface area contributed by atoms with Crippen LogP contribution in [0.5, 0.6) is 11.6 Å². The zero-order valence-electron chi connectivity index (χ0n) is 19.6. The second-order valence-corrected chi connectivity index (χ2v) is 7.86. The Morgan fingerprint density at radius 2 is 2.06 bits per heavy atom. The number of hydrogen-bond acceptors (Lipinski definition) is 9. The van der Waals surface area contributed by atoms with Crippen molar-refractivity contribution in [3.8, 4) is 11.6 Å². The molecule has 10 nitrogen and oxygen atoms in total. The van der Waals surface area contributed by atoms with E-state index in [1.807, 2.05) is 37.3 Å². The molecule has 1 saturated heterocycles. The molecule has 0 spiro atoms. The minimum absolute atomic E-state index is 0.210. The van der Waals surface area contributed by atoms with Crippen LogP contribution in [-0.4, -0.2) is 55.5 Å². The smallest absolute Gasteiger partial charge is 0.412 e. The Balaban J connectivity index is 1.36. The summed E-state index contributed by atoms with van der Waals surface area (Å²) in [5.41, 5.74) is 3.20. The lowest BCUT2D eigenvalue weighted by molar-refractivity contribution is 0.122. The van der Waals surface area contributed by atoms with Gasteiger partial charge in [-0.15, -0.1) is 5.11 Å². The van der Waals surface area contributed by atoms with E-state index in [1.54, 1.807) is 18.3 Å². The van der Waals surface area contributed by atoms with Gasteiger partial charge >= 0.3 is 6.09 Å². The van der Waals surface area contributed by atoms with Crippen LogP contribution in [-0.2, 0) is 11.3 Å². The van der Waals surface area contributed by atoms with E-state index in [0.717, 1.165) is 24.3 Å². The quantitative estimate of drug-likeness (QED) is 0.366. The third-order valence-electron chi connectivity index (χ3n) is 5.12. The molecule has 1 amide bonds. The highest BCUT2D eigenvalue weighted by molar-refractivity contribution is 5.70. The van der Waals surface area contributed by atoms with Gasteiger partial charge in [-0.3, -0.25) is 4.98 Å². The zero-order valence-corrected chi connectivity index (χ0v) is 19.6. The van der Waals surface area contributed by atoms with Crippen molar-refractivity contribution in [3.05, 3.63) is 72.1 Å². The summed E-state index contributed by atoms with van der Waals surface area (Å²) >= 11 is 0. The predicted molar refractivity (Wildman–Crippen MR) is 130 cm³/mol. The molecule has 3 aromatic rings. The highest BCUT2D eigenvalue weighted by Gasteiger charge is 2.14. The molecule has 182 valence electrons. The van der Waals surface area contributed by atoms with Crippen LogP contribution in [0, 0.1) is 6.92 Å². The number of pyridine rings is 2. The van der Waals surface area contributed by atoms with Gasteiger partial charge < -0.3 is 24.4 Å². The Morgan fingerprint density at radius 1 is 1.17 bits per heavy atom. The van der Waals surface area contributed by atoms with Gasteiger partial charge in [-0.1, -0.05) is 29.8 Å². The molecule has 0 bridgehead atoms. The first-order valence-corrected chi connectivity index (χ1v) is 11.4. The molecule has 0 unspecified atom stereocenters. The van der Waals surface area contributed by atoms with Crippen LogP contribution in [0.25, 0.3) is 0 Å². The number of anilines is 1. The van der Waals surface area contributed by atoms with Crippen molar-refractivity contribution in [1.29, 1.82) is 0 Å². The summed E-state index contributed by atoms with van der Waals surface area (Å²) in [5, 5.41) is 11.3. The molecule has 0 radical (unpaired) electrons. The third-order valence-corrected chi connectivity index (χ3v) is 5.12. The number of carbonyl (C=O) groups excluding carboxylic acids is 1. The van der Waals surface area contributed by atoms with Gasteiger partial charge in [0.05, 0.1) is 32.5 Å². The first-order valence-electron chi connectivity index (χ1n) is 11.4. The van der Waals surface area contributed by atoms with Crippen LogP contribution in [0.2, 0.25) is 0 Å². The molecule has 10 heteroatoms. The molecule has 0 aliphatic carbocycles. The fraction of sp³-hybridized carbons (Fsp3) is 0.320. The summed E-state index contributed by atoms with van der Waals surface area (Å²) in [6, 6.07) is 15.2. The van der Waals surface area contributed by atoms with Crippen molar-refractivity contribution in [1.82, 2.24) is 15.3 Å². The number of carbonyl (C=O) groups is 1. The van der Waals surface area contributed by atoms with E-state index in [9.17, 15) is 4.79 Å². The van der Waals surface area contributed by atoms with Gasteiger partial charge in [0.1, 0.15) is 6.61 Å². The van der Waals surface area contributed by atoms with Crippen molar-refractivity contribution < 1.29 is 19.0 Å².